The molecule has 3 N–H and O–H groups in total. The molecule has 0 fully saturated rings. The fourth-order valence-electron chi connectivity index (χ4n) is 2.98. The molecule has 35 heavy (non-hydrogen) atoms. The van der Waals surface area contributed by atoms with Gasteiger partial charge in [0, 0.05) is 16.4 Å². The van der Waals surface area contributed by atoms with Crippen LogP contribution in [-0.4, -0.2) is 30.5 Å². The highest BCUT2D eigenvalue weighted by molar-refractivity contribution is 6.39. The van der Waals surface area contributed by atoms with Gasteiger partial charge in [0.25, 0.3) is 5.91 Å². The summed E-state index contributed by atoms with van der Waals surface area (Å²) in [6.45, 7) is 3.69. The molecule has 0 aliphatic rings. The Kier molecular flexibility index (Phi) is 8.97. The molecule has 0 saturated carbocycles. The maximum absolute atomic E-state index is 12.2. The molecule has 0 aliphatic heterocycles. The molecule has 8 nitrogen and oxygen atoms in total. The van der Waals surface area contributed by atoms with Crippen LogP contribution >= 0.6 is 11.6 Å². The number of hydrogen-bond acceptors (Lipinski definition) is 5. The molecule has 0 heterocycles. The van der Waals surface area contributed by atoms with Crippen LogP contribution in [0.3, 0.4) is 0 Å². The standard InChI is InChI=1S/C26H25ClN4O4/c1-3-18-8-11-21(12-9-18)29-25(33)26(34)31-28-15-19-5-4-6-22(13-19)35-16-24(32)30-23-14-20(27)10-7-17(23)2/h4-15H,3,16H2,1-2H3,(H,29,33)(H,30,32)(H,31,34)/b28-15-. The van der Waals surface area contributed by atoms with Gasteiger partial charge in [-0.2, -0.15) is 5.10 Å². The number of ether oxygens (including phenoxy) is 1. The lowest BCUT2D eigenvalue weighted by molar-refractivity contribution is -0.136. The molecule has 3 aromatic rings. The SMILES string of the molecule is CCc1ccc(NC(=O)C(=O)N/N=C\c2cccc(OCC(=O)Nc3cc(Cl)ccc3C)c2)cc1. The first-order chi connectivity index (χ1) is 16.8. The molecule has 0 aliphatic carbocycles. The fourth-order valence-corrected chi connectivity index (χ4v) is 3.15. The Morgan fingerprint density at radius 3 is 2.49 bits per heavy atom. The van der Waals surface area contributed by atoms with Crippen molar-refractivity contribution in [2.24, 2.45) is 5.10 Å². The average Bonchev–Trinajstić information content (AvgIpc) is 2.85. The molecular formula is C26H25ClN4O4. The predicted molar refractivity (Wildman–Crippen MR) is 137 cm³/mol. The molecule has 0 atom stereocenters. The third-order valence-corrected chi connectivity index (χ3v) is 5.14. The quantitative estimate of drug-likeness (QED) is 0.247. The second-order valence-corrected chi connectivity index (χ2v) is 8.01. The monoisotopic (exact) mass is 492 g/mol. The first kappa shape index (κ1) is 25.5. The van der Waals surface area contributed by atoms with Crippen molar-refractivity contribution in [2.75, 3.05) is 17.2 Å². The summed E-state index contributed by atoms with van der Waals surface area (Å²) in [6, 6.07) is 19.2. The molecule has 0 saturated heterocycles. The van der Waals surface area contributed by atoms with E-state index < -0.39 is 11.8 Å². The van der Waals surface area contributed by atoms with E-state index >= 15 is 0 Å². The summed E-state index contributed by atoms with van der Waals surface area (Å²) in [6.07, 6.45) is 2.25. The second kappa shape index (κ2) is 12.3. The Bertz CT molecular complexity index is 1240. The average molecular weight is 493 g/mol. The van der Waals surface area contributed by atoms with Crippen LogP contribution in [0.5, 0.6) is 5.75 Å². The minimum absolute atomic E-state index is 0.206. The Balaban J connectivity index is 1.48. The van der Waals surface area contributed by atoms with Crippen molar-refractivity contribution in [3.8, 4) is 5.75 Å². The van der Waals surface area contributed by atoms with Crippen LogP contribution in [0.2, 0.25) is 5.02 Å². The molecular weight excluding hydrogens is 468 g/mol. The number of carbonyl (C=O) groups excluding carboxylic acids is 3. The van der Waals surface area contributed by atoms with Gasteiger partial charge in [-0.05, 0) is 66.4 Å². The van der Waals surface area contributed by atoms with Gasteiger partial charge in [-0.25, -0.2) is 5.43 Å². The summed E-state index contributed by atoms with van der Waals surface area (Å²) in [7, 11) is 0. The normalized spacial score (nSPS) is 10.6. The molecule has 0 spiro atoms. The summed E-state index contributed by atoms with van der Waals surface area (Å²) in [5.41, 5.74) is 5.93. The molecule has 3 aromatic carbocycles. The van der Waals surface area contributed by atoms with Crippen LogP contribution < -0.4 is 20.8 Å². The smallest absolute Gasteiger partial charge is 0.329 e. The highest BCUT2D eigenvalue weighted by atomic mass is 35.5. The van der Waals surface area contributed by atoms with Gasteiger partial charge in [0.05, 0.1) is 6.21 Å². The van der Waals surface area contributed by atoms with Crippen LogP contribution in [-0.2, 0) is 20.8 Å². The van der Waals surface area contributed by atoms with Gasteiger partial charge in [-0.15, -0.1) is 0 Å². The van der Waals surface area contributed by atoms with Crippen molar-refractivity contribution in [3.05, 3.63) is 88.4 Å². The number of amides is 3. The zero-order valence-electron chi connectivity index (χ0n) is 19.3. The Hall–Kier alpha value is -4.17. The summed E-state index contributed by atoms with van der Waals surface area (Å²) >= 11 is 5.97. The van der Waals surface area contributed by atoms with Gasteiger partial charge >= 0.3 is 11.8 Å². The number of halogens is 1. The van der Waals surface area contributed by atoms with E-state index in [-0.39, 0.29) is 12.5 Å². The zero-order chi connectivity index (χ0) is 25.2. The lowest BCUT2D eigenvalue weighted by atomic mass is 10.1. The Labute approximate surface area is 208 Å². The number of nitrogens with zero attached hydrogens (tertiary/aromatic N) is 1. The molecule has 180 valence electrons. The van der Waals surface area contributed by atoms with E-state index in [1.807, 2.05) is 32.0 Å². The van der Waals surface area contributed by atoms with Crippen LogP contribution in [0.25, 0.3) is 0 Å². The van der Waals surface area contributed by atoms with Gasteiger partial charge in [0.2, 0.25) is 0 Å². The van der Waals surface area contributed by atoms with Crippen molar-refractivity contribution < 1.29 is 19.1 Å². The van der Waals surface area contributed by atoms with Gasteiger partial charge in [-0.1, -0.05) is 48.9 Å². The number of anilines is 2. The van der Waals surface area contributed by atoms with E-state index in [9.17, 15) is 14.4 Å². The zero-order valence-corrected chi connectivity index (χ0v) is 20.1. The van der Waals surface area contributed by atoms with Crippen LogP contribution in [0.15, 0.2) is 71.8 Å². The summed E-state index contributed by atoms with van der Waals surface area (Å²) in [5, 5.41) is 9.60. The first-order valence-electron chi connectivity index (χ1n) is 10.9. The van der Waals surface area contributed by atoms with Gasteiger partial charge < -0.3 is 15.4 Å². The van der Waals surface area contributed by atoms with Crippen LogP contribution in [0.1, 0.15) is 23.6 Å². The molecule has 0 unspecified atom stereocenters. The molecule has 3 rings (SSSR count). The van der Waals surface area contributed by atoms with Gasteiger partial charge in [0.1, 0.15) is 5.75 Å². The van der Waals surface area contributed by atoms with Crippen molar-refractivity contribution in [2.45, 2.75) is 20.3 Å². The van der Waals surface area contributed by atoms with E-state index in [2.05, 4.69) is 21.2 Å². The summed E-state index contributed by atoms with van der Waals surface area (Å²) in [4.78, 5) is 36.2. The molecule has 0 radical (unpaired) electrons. The van der Waals surface area contributed by atoms with E-state index in [0.29, 0.717) is 27.7 Å². The van der Waals surface area contributed by atoms with Crippen molar-refractivity contribution in [3.63, 3.8) is 0 Å². The van der Waals surface area contributed by atoms with Gasteiger partial charge in [0.15, 0.2) is 6.61 Å². The largest absolute Gasteiger partial charge is 0.484 e. The highest BCUT2D eigenvalue weighted by Gasteiger charge is 2.13. The minimum Gasteiger partial charge on any atom is -0.484 e. The Morgan fingerprint density at radius 1 is 0.971 bits per heavy atom. The topological polar surface area (TPSA) is 109 Å². The number of rotatable bonds is 8. The van der Waals surface area contributed by atoms with E-state index in [0.717, 1.165) is 17.5 Å². The molecule has 0 bridgehead atoms. The predicted octanol–water partition coefficient (Wildman–Crippen LogP) is 4.32. The number of aryl methyl sites for hydroxylation is 2. The third kappa shape index (κ3) is 7.97. The first-order valence-corrected chi connectivity index (χ1v) is 11.2. The summed E-state index contributed by atoms with van der Waals surface area (Å²) < 4.78 is 5.54. The second-order valence-electron chi connectivity index (χ2n) is 7.57. The summed E-state index contributed by atoms with van der Waals surface area (Å²) in [5.74, 6) is -1.63. The molecule has 3 amide bonds. The van der Waals surface area contributed by atoms with E-state index in [1.54, 1.807) is 48.5 Å². The molecule has 0 aromatic heterocycles. The maximum Gasteiger partial charge on any atom is 0.329 e. The lowest BCUT2D eigenvalue weighted by Gasteiger charge is -2.10. The highest BCUT2D eigenvalue weighted by Crippen LogP contribution is 2.20. The van der Waals surface area contributed by atoms with E-state index in [1.165, 1.54) is 6.21 Å². The fraction of sp³-hybridized carbons (Fsp3) is 0.154. The number of benzene rings is 3. The van der Waals surface area contributed by atoms with Crippen LogP contribution in [0, 0.1) is 6.92 Å². The van der Waals surface area contributed by atoms with Crippen molar-refractivity contribution >= 4 is 46.9 Å². The van der Waals surface area contributed by atoms with E-state index in [4.69, 9.17) is 16.3 Å². The Morgan fingerprint density at radius 2 is 1.74 bits per heavy atom. The lowest BCUT2D eigenvalue weighted by Crippen LogP contribution is -2.32. The maximum atomic E-state index is 12.2. The number of hydrogen-bond donors (Lipinski definition) is 3. The van der Waals surface area contributed by atoms with Gasteiger partial charge in [-0.3, -0.25) is 14.4 Å². The number of carbonyl (C=O) groups is 3. The van der Waals surface area contributed by atoms with Crippen LogP contribution in [0.4, 0.5) is 11.4 Å². The third-order valence-electron chi connectivity index (χ3n) is 4.91. The van der Waals surface area contributed by atoms with Crippen molar-refractivity contribution in [1.29, 1.82) is 0 Å². The van der Waals surface area contributed by atoms with Crippen molar-refractivity contribution in [1.82, 2.24) is 5.43 Å². The number of hydrazone groups is 1. The minimum atomic E-state index is -0.902. The molecule has 9 heteroatoms. The number of nitrogens with one attached hydrogen (secondary N) is 3.